The third-order valence-electron chi connectivity index (χ3n) is 5.53. The highest BCUT2D eigenvalue weighted by Crippen LogP contribution is 2.39. The number of carbonyl (C=O) groups excluding carboxylic acids is 1. The maximum absolute atomic E-state index is 12.8. The van der Waals surface area contributed by atoms with Gasteiger partial charge < -0.3 is 25.1 Å². The van der Waals surface area contributed by atoms with Crippen LogP contribution in [0, 0.1) is 19.3 Å². The van der Waals surface area contributed by atoms with Gasteiger partial charge in [0, 0.05) is 32.7 Å². The number of aliphatic hydroxyl groups is 1. The van der Waals surface area contributed by atoms with Gasteiger partial charge in [-0.25, -0.2) is 4.99 Å². The molecule has 0 aliphatic heterocycles. The van der Waals surface area contributed by atoms with Crippen LogP contribution in [0.25, 0.3) is 0 Å². The second-order valence-corrected chi connectivity index (χ2v) is 8.34. The molecule has 1 fully saturated rings. The molecule has 8 heteroatoms. The van der Waals surface area contributed by atoms with Crippen molar-refractivity contribution in [3.63, 3.8) is 0 Å². The summed E-state index contributed by atoms with van der Waals surface area (Å²) in [5.74, 6) is 2.26. The maximum atomic E-state index is 12.8. The first-order valence-corrected chi connectivity index (χ1v) is 10.1. The molecule has 1 aromatic rings. The Morgan fingerprint density at radius 3 is 2.41 bits per heavy atom. The summed E-state index contributed by atoms with van der Waals surface area (Å²) in [4.78, 5) is 19.0. The van der Waals surface area contributed by atoms with Gasteiger partial charge >= 0.3 is 0 Å². The number of aryl methyl sites for hydroxylation is 2. The maximum Gasteiger partial charge on any atom is 0.230 e. The van der Waals surface area contributed by atoms with Gasteiger partial charge in [-0.3, -0.25) is 4.79 Å². The molecule has 0 saturated heterocycles. The molecule has 2 rings (SSSR count). The molecule has 1 aromatic heterocycles. The summed E-state index contributed by atoms with van der Waals surface area (Å²) in [5, 5.41) is 17.5. The number of rotatable bonds is 7. The second-order valence-electron chi connectivity index (χ2n) is 8.34. The van der Waals surface area contributed by atoms with E-state index in [0.29, 0.717) is 24.8 Å². The first-order valence-electron chi connectivity index (χ1n) is 10.1. The SMILES string of the molecule is CCNC(=NCC(C)(O)c1cc(C)oc1C)NCC1(C(=O)N(C)C)CCCC1.I. The van der Waals surface area contributed by atoms with Gasteiger partial charge in [0.05, 0.1) is 12.0 Å². The summed E-state index contributed by atoms with van der Waals surface area (Å²) >= 11 is 0. The molecule has 1 heterocycles. The Hall–Kier alpha value is -1.29. The average molecular weight is 520 g/mol. The number of furan rings is 1. The van der Waals surface area contributed by atoms with E-state index in [-0.39, 0.29) is 41.8 Å². The molecule has 0 aromatic carbocycles. The fourth-order valence-corrected chi connectivity index (χ4v) is 4.07. The summed E-state index contributed by atoms with van der Waals surface area (Å²) < 4.78 is 5.55. The summed E-state index contributed by atoms with van der Waals surface area (Å²) in [6.07, 6.45) is 3.93. The first kappa shape index (κ1) is 25.7. The summed E-state index contributed by atoms with van der Waals surface area (Å²) in [5.41, 5.74) is -0.755. The lowest BCUT2D eigenvalue weighted by Crippen LogP contribution is -2.49. The highest BCUT2D eigenvalue weighted by atomic mass is 127. The summed E-state index contributed by atoms with van der Waals surface area (Å²) in [6, 6.07) is 1.86. The van der Waals surface area contributed by atoms with Gasteiger partial charge in [0.25, 0.3) is 0 Å². The minimum atomic E-state index is -1.13. The van der Waals surface area contributed by atoms with Crippen LogP contribution >= 0.6 is 24.0 Å². The molecule has 0 bridgehead atoms. The molecular weight excluding hydrogens is 483 g/mol. The number of guanidine groups is 1. The van der Waals surface area contributed by atoms with Crippen molar-refractivity contribution in [1.82, 2.24) is 15.5 Å². The van der Waals surface area contributed by atoms with Gasteiger partial charge in [0.1, 0.15) is 17.1 Å². The van der Waals surface area contributed by atoms with Crippen molar-refractivity contribution in [2.24, 2.45) is 10.4 Å². The summed E-state index contributed by atoms with van der Waals surface area (Å²) in [6.45, 7) is 8.89. The zero-order valence-corrected chi connectivity index (χ0v) is 20.9. The minimum Gasteiger partial charge on any atom is -0.466 e. The van der Waals surface area contributed by atoms with Gasteiger partial charge in [-0.1, -0.05) is 12.8 Å². The van der Waals surface area contributed by atoms with Crippen LogP contribution in [-0.2, 0) is 10.4 Å². The van der Waals surface area contributed by atoms with Crippen LogP contribution in [0.3, 0.4) is 0 Å². The standard InChI is InChI=1S/C21H36N4O3.HI/c1-7-22-19(23-13-20(4,27)17-12-15(2)28-16(17)3)24-14-21(10-8-9-11-21)18(26)25(5)6;/h12,27H,7-11,13-14H2,1-6H3,(H2,22,23,24);1H. The molecule has 166 valence electrons. The molecule has 1 amide bonds. The van der Waals surface area contributed by atoms with E-state index in [2.05, 4.69) is 15.6 Å². The third-order valence-corrected chi connectivity index (χ3v) is 5.53. The number of halogens is 1. The van der Waals surface area contributed by atoms with E-state index < -0.39 is 5.60 Å². The van der Waals surface area contributed by atoms with Gasteiger partial charge in [-0.05, 0) is 46.6 Å². The zero-order valence-electron chi connectivity index (χ0n) is 18.6. The number of nitrogens with zero attached hydrogens (tertiary/aromatic N) is 2. The smallest absolute Gasteiger partial charge is 0.230 e. The van der Waals surface area contributed by atoms with Crippen LogP contribution in [0.5, 0.6) is 0 Å². The average Bonchev–Trinajstić information content (AvgIpc) is 3.24. The number of carbonyl (C=O) groups is 1. The molecule has 1 atom stereocenters. The Kier molecular flexibility index (Phi) is 9.46. The van der Waals surface area contributed by atoms with Crippen LogP contribution in [0.4, 0.5) is 0 Å². The summed E-state index contributed by atoms with van der Waals surface area (Å²) in [7, 11) is 3.63. The molecule has 3 N–H and O–H groups in total. The molecule has 7 nitrogen and oxygen atoms in total. The van der Waals surface area contributed by atoms with E-state index in [1.54, 1.807) is 11.8 Å². The lowest BCUT2D eigenvalue weighted by Gasteiger charge is -2.31. The quantitative estimate of drug-likeness (QED) is 0.292. The van der Waals surface area contributed by atoms with E-state index in [1.165, 1.54) is 0 Å². The van der Waals surface area contributed by atoms with Gasteiger partial charge in [0.15, 0.2) is 5.96 Å². The fraction of sp³-hybridized carbons (Fsp3) is 0.714. The Balaban J connectivity index is 0.00000420. The fourth-order valence-electron chi connectivity index (χ4n) is 4.07. The van der Waals surface area contributed by atoms with E-state index in [1.807, 2.05) is 40.9 Å². The van der Waals surface area contributed by atoms with Crippen LogP contribution in [-0.4, -0.2) is 55.6 Å². The highest BCUT2D eigenvalue weighted by Gasteiger charge is 2.42. The van der Waals surface area contributed by atoms with E-state index >= 15 is 0 Å². The van der Waals surface area contributed by atoms with E-state index in [9.17, 15) is 9.90 Å². The van der Waals surface area contributed by atoms with Gasteiger partial charge in [0.2, 0.25) is 5.91 Å². The predicted octanol–water partition coefficient (Wildman–Crippen LogP) is 2.93. The molecule has 1 saturated carbocycles. The predicted molar refractivity (Wildman–Crippen MR) is 127 cm³/mol. The number of nitrogens with one attached hydrogen (secondary N) is 2. The van der Waals surface area contributed by atoms with Crippen molar-refractivity contribution < 1.29 is 14.3 Å². The molecule has 0 radical (unpaired) electrons. The van der Waals surface area contributed by atoms with Crippen LogP contribution in [0.15, 0.2) is 15.5 Å². The monoisotopic (exact) mass is 520 g/mol. The molecule has 1 aliphatic rings. The Morgan fingerprint density at radius 1 is 1.31 bits per heavy atom. The van der Waals surface area contributed by atoms with Gasteiger partial charge in [-0.2, -0.15) is 0 Å². The lowest BCUT2D eigenvalue weighted by atomic mass is 9.84. The number of aliphatic imine (C=N–C) groups is 1. The molecule has 0 spiro atoms. The first-order chi connectivity index (χ1) is 13.1. The van der Waals surface area contributed by atoms with Crippen molar-refractivity contribution in [3.05, 3.63) is 23.2 Å². The van der Waals surface area contributed by atoms with E-state index in [4.69, 9.17) is 4.42 Å². The Morgan fingerprint density at radius 2 is 1.93 bits per heavy atom. The minimum absolute atomic E-state index is 0. The van der Waals surface area contributed by atoms with Gasteiger partial charge in [-0.15, -0.1) is 24.0 Å². The van der Waals surface area contributed by atoms with Crippen LogP contribution < -0.4 is 10.6 Å². The third kappa shape index (κ3) is 6.34. The number of hydrogen-bond acceptors (Lipinski definition) is 4. The van der Waals surface area contributed by atoms with Crippen molar-refractivity contribution in [1.29, 1.82) is 0 Å². The molecule has 1 unspecified atom stereocenters. The second kappa shape index (κ2) is 10.7. The Labute approximate surface area is 191 Å². The molecule has 1 aliphatic carbocycles. The number of amides is 1. The zero-order chi connectivity index (χ0) is 20.9. The molecule has 29 heavy (non-hydrogen) atoms. The largest absolute Gasteiger partial charge is 0.466 e. The van der Waals surface area contributed by atoms with Crippen molar-refractivity contribution in [3.8, 4) is 0 Å². The van der Waals surface area contributed by atoms with Crippen LogP contribution in [0.1, 0.15) is 56.6 Å². The topological polar surface area (TPSA) is 90.1 Å². The number of hydrogen-bond donors (Lipinski definition) is 3. The van der Waals surface area contributed by atoms with Crippen LogP contribution in [0.2, 0.25) is 0 Å². The Bertz CT molecular complexity index is 707. The molecular formula is C21H37IN4O3. The van der Waals surface area contributed by atoms with E-state index in [0.717, 1.165) is 37.0 Å². The van der Waals surface area contributed by atoms with Crippen molar-refractivity contribution in [2.75, 3.05) is 33.7 Å². The lowest BCUT2D eigenvalue weighted by molar-refractivity contribution is -0.138. The normalized spacial score (nSPS) is 18.0. The van der Waals surface area contributed by atoms with Crippen molar-refractivity contribution >= 4 is 35.8 Å². The van der Waals surface area contributed by atoms with Crippen molar-refractivity contribution in [2.45, 2.75) is 59.0 Å². The highest BCUT2D eigenvalue weighted by molar-refractivity contribution is 14.0.